The lowest BCUT2D eigenvalue weighted by Gasteiger charge is -2.14. The predicted molar refractivity (Wildman–Crippen MR) is 93.5 cm³/mol. The lowest BCUT2D eigenvalue weighted by atomic mass is 10.1. The summed E-state index contributed by atoms with van der Waals surface area (Å²) < 4.78 is 5.57. The molecule has 0 aliphatic carbocycles. The molecule has 0 saturated carbocycles. The first-order chi connectivity index (χ1) is 11.8. The molecule has 1 saturated heterocycles. The van der Waals surface area contributed by atoms with Crippen LogP contribution < -0.4 is 0 Å². The molecule has 122 valence electrons. The highest BCUT2D eigenvalue weighted by atomic mass is 16.5. The molecule has 1 aliphatic rings. The maximum Gasteiger partial charge on any atom is 0.231 e. The first-order valence-corrected chi connectivity index (χ1v) is 8.45. The Balaban J connectivity index is 1.45. The van der Waals surface area contributed by atoms with E-state index in [2.05, 4.69) is 58.4 Å². The van der Waals surface area contributed by atoms with Gasteiger partial charge < -0.3 is 4.52 Å². The zero-order chi connectivity index (χ0) is 16.4. The topological polar surface area (TPSA) is 42.2 Å². The van der Waals surface area contributed by atoms with Crippen LogP contribution in [-0.2, 0) is 6.54 Å². The van der Waals surface area contributed by atoms with E-state index in [-0.39, 0.29) is 0 Å². The van der Waals surface area contributed by atoms with Gasteiger partial charge in [0.25, 0.3) is 0 Å². The fourth-order valence-electron chi connectivity index (χ4n) is 3.35. The Bertz CT molecular complexity index is 813. The fourth-order valence-corrected chi connectivity index (χ4v) is 3.35. The number of aryl methyl sites for hydroxylation is 1. The van der Waals surface area contributed by atoms with Gasteiger partial charge in [0, 0.05) is 18.7 Å². The quantitative estimate of drug-likeness (QED) is 0.728. The van der Waals surface area contributed by atoms with E-state index in [0.717, 1.165) is 37.5 Å². The molecule has 1 atom stereocenters. The van der Waals surface area contributed by atoms with Crippen LogP contribution in [-0.4, -0.2) is 28.1 Å². The van der Waals surface area contributed by atoms with Crippen LogP contribution in [0, 0.1) is 6.92 Å². The molecule has 1 aliphatic heterocycles. The molecule has 0 N–H and O–H groups in total. The highest BCUT2D eigenvalue weighted by molar-refractivity contribution is 5.59. The van der Waals surface area contributed by atoms with Crippen molar-refractivity contribution < 1.29 is 4.52 Å². The zero-order valence-corrected chi connectivity index (χ0v) is 13.9. The van der Waals surface area contributed by atoms with Crippen LogP contribution in [0.3, 0.4) is 0 Å². The summed E-state index contributed by atoms with van der Waals surface area (Å²) in [7, 11) is 0. The maximum atomic E-state index is 5.57. The van der Waals surface area contributed by atoms with Crippen molar-refractivity contribution in [3.05, 3.63) is 71.6 Å². The SMILES string of the molecule is Cc1ccccc1-c1noc(C2CCN(Cc3ccccc3)C2)n1. The van der Waals surface area contributed by atoms with Crippen molar-refractivity contribution in [1.29, 1.82) is 0 Å². The molecule has 1 aromatic heterocycles. The molecule has 3 aromatic rings. The molecule has 0 spiro atoms. The number of likely N-dealkylation sites (tertiary alicyclic amines) is 1. The first-order valence-electron chi connectivity index (χ1n) is 8.45. The van der Waals surface area contributed by atoms with Crippen LogP contribution in [0.25, 0.3) is 11.4 Å². The van der Waals surface area contributed by atoms with Crippen molar-refractivity contribution in [2.45, 2.75) is 25.8 Å². The van der Waals surface area contributed by atoms with E-state index in [0.29, 0.717) is 11.7 Å². The molecule has 2 heterocycles. The monoisotopic (exact) mass is 319 g/mol. The summed E-state index contributed by atoms with van der Waals surface area (Å²) in [4.78, 5) is 7.12. The van der Waals surface area contributed by atoms with E-state index in [4.69, 9.17) is 4.52 Å². The van der Waals surface area contributed by atoms with Crippen molar-refractivity contribution >= 4 is 0 Å². The maximum absolute atomic E-state index is 5.57. The Hall–Kier alpha value is -2.46. The van der Waals surface area contributed by atoms with Crippen LogP contribution in [0.4, 0.5) is 0 Å². The molecule has 4 heteroatoms. The molecule has 1 fully saturated rings. The number of nitrogens with zero attached hydrogens (tertiary/aromatic N) is 3. The fraction of sp³-hybridized carbons (Fsp3) is 0.300. The molecule has 1 unspecified atom stereocenters. The Labute approximate surface area is 142 Å². The number of benzene rings is 2. The standard InChI is InChI=1S/C20H21N3O/c1-15-7-5-6-10-18(15)19-21-20(24-22-19)17-11-12-23(14-17)13-16-8-3-2-4-9-16/h2-10,17H,11-14H2,1H3. The van der Waals surface area contributed by atoms with Gasteiger partial charge in [0.1, 0.15) is 0 Å². The van der Waals surface area contributed by atoms with Crippen LogP contribution in [0.1, 0.15) is 29.4 Å². The normalized spacial score (nSPS) is 18.1. The third kappa shape index (κ3) is 3.10. The van der Waals surface area contributed by atoms with Gasteiger partial charge in [0.05, 0.1) is 5.92 Å². The van der Waals surface area contributed by atoms with E-state index in [1.165, 1.54) is 11.1 Å². The second-order valence-corrected chi connectivity index (χ2v) is 6.48. The molecule has 4 nitrogen and oxygen atoms in total. The Kier molecular flexibility index (Phi) is 4.13. The molecular formula is C20H21N3O. The van der Waals surface area contributed by atoms with Crippen molar-refractivity contribution in [3.63, 3.8) is 0 Å². The van der Waals surface area contributed by atoms with Crippen LogP contribution in [0.2, 0.25) is 0 Å². The van der Waals surface area contributed by atoms with Gasteiger partial charge in [-0.05, 0) is 31.0 Å². The molecular weight excluding hydrogens is 298 g/mol. The van der Waals surface area contributed by atoms with Crippen molar-refractivity contribution in [2.24, 2.45) is 0 Å². The summed E-state index contributed by atoms with van der Waals surface area (Å²) in [5.41, 5.74) is 3.57. The van der Waals surface area contributed by atoms with E-state index in [1.54, 1.807) is 0 Å². The number of rotatable bonds is 4. The molecule has 0 amide bonds. The third-order valence-corrected chi connectivity index (χ3v) is 4.70. The third-order valence-electron chi connectivity index (χ3n) is 4.70. The van der Waals surface area contributed by atoms with Gasteiger partial charge in [0.15, 0.2) is 0 Å². The summed E-state index contributed by atoms with van der Waals surface area (Å²) in [6.07, 6.45) is 1.07. The van der Waals surface area contributed by atoms with E-state index in [1.807, 2.05) is 18.2 Å². The van der Waals surface area contributed by atoms with Gasteiger partial charge >= 0.3 is 0 Å². The Morgan fingerprint density at radius 2 is 1.88 bits per heavy atom. The van der Waals surface area contributed by atoms with Gasteiger partial charge in [-0.2, -0.15) is 4.98 Å². The number of aromatic nitrogens is 2. The average molecular weight is 319 g/mol. The highest BCUT2D eigenvalue weighted by Crippen LogP contribution is 2.29. The van der Waals surface area contributed by atoms with E-state index < -0.39 is 0 Å². The number of hydrogen-bond donors (Lipinski definition) is 0. The molecule has 24 heavy (non-hydrogen) atoms. The molecule has 0 radical (unpaired) electrons. The van der Waals surface area contributed by atoms with E-state index >= 15 is 0 Å². The predicted octanol–water partition coefficient (Wildman–Crippen LogP) is 4.03. The largest absolute Gasteiger partial charge is 0.339 e. The summed E-state index contributed by atoms with van der Waals surface area (Å²) in [5.74, 6) is 1.80. The zero-order valence-electron chi connectivity index (χ0n) is 13.9. The van der Waals surface area contributed by atoms with Gasteiger partial charge in [-0.1, -0.05) is 59.8 Å². The minimum atomic E-state index is 0.332. The van der Waals surface area contributed by atoms with Gasteiger partial charge in [-0.3, -0.25) is 4.90 Å². The van der Waals surface area contributed by atoms with Crippen molar-refractivity contribution in [1.82, 2.24) is 15.0 Å². The molecule has 0 bridgehead atoms. The minimum Gasteiger partial charge on any atom is -0.339 e. The minimum absolute atomic E-state index is 0.332. The molecule has 2 aromatic carbocycles. The molecule has 4 rings (SSSR count). The second kappa shape index (κ2) is 6.57. The van der Waals surface area contributed by atoms with Crippen LogP contribution >= 0.6 is 0 Å². The highest BCUT2D eigenvalue weighted by Gasteiger charge is 2.28. The van der Waals surface area contributed by atoms with Gasteiger partial charge in [-0.25, -0.2) is 0 Å². The first kappa shape index (κ1) is 15.1. The van der Waals surface area contributed by atoms with Gasteiger partial charge in [0.2, 0.25) is 11.7 Å². The number of hydrogen-bond acceptors (Lipinski definition) is 4. The van der Waals surface area contributed by atoms with E-state index in [9.17, 15) is 0 Å². The smallest absolute Gasteiger partial charge is 0.231 e. The van der Waals surface area contributed by atoms with Crippen molar-refractivity contribution in [3.8, 4) is 11.4 Å². The summed E-state index contributed by atoms with van der Waals surface area (Å²) in [6, 6.07) is 18.7. The average Bonchev–Trinajstić information content (AvgIpc) is 3.25. The second-order valence-electron chi connectivity index (χ2n) is 6.48. The lowest BCUT2D eigenvalue weighted by Crippen LogP contribution is -2.19. The van der Waals surface area contributed by atoms with Crippen LogP contribution in [0.15, 0.2) is 59.1 Å². The van der Waals surface area contributed by atoms with Crippen LogP contribution in [0.5, 0.6) is 0 Å². The lowest BCUT2D eigenvalue weighted by molar-refractivity contribution is 0.309. The Morgan fingerprint density at radius 1 is 1.08 bits per heavy atom. The summed E-state index contributed by atoms with van der Waals surface area (Å²) in [6.45, 7) is 5.10. The summed E-state index contributed by atoms with van der Waals surface area (Å²) >= 11 is 0. The van der Waals surface area contributed by atoms with Crippen molar-refractivity contribution in [2.75, 3.05) is 13.1 Å². The van der Waals surface area contributed by atoms with Gasteiger partial charge in [-0.15, -0.1) is 0 Å². The summed E-state index contributed by atoms with van der Waals surface area (Å²) in [5, 5.41) is 4.20. The Morgan fingerprint density at radius 3 is 2.71 bits per heavy atom.